The molecule has 9 heteroatoms. The van der Waals surface area contributed by atoms with Crippen molar-refractivity contribution >= 4 is 34.4 Å². The van der Waals surface area contributed by atoms with Crippen LogP contribution in [0, 0.1) is 18.3 Å². The summed E-state index contributed by atoms with van der Waals surface area (Å²) in [6.45, 7) is 4.93. The van der Waals surface area contributed by atoms with Crippen LogP contribution in [0.5, 0.6) is 0 Å². The van der Waals surface area contributed by atoms with E-state index in [9.17, 15) is 9.59 Å². The summed E-state index contributed by atoms with van der Waals surface area (Å²) in [5.41, 5.74) is 10.7. The number of fused-ring (bicyclic) bond motifs is 3. The first-order valence-corrected chi connectivity index (χ1v) is 13.1. The van der Waals surface area contributed by atoms with Gasteiger partial charge in [-0.1, -0.05) is 38.1 Å². The summed E-state index contributed by atoms with van der Waals surface area (Å²) < 4.78 is 1.87. The van der Waals surface area contributed by atoms with Crippen molar-refractivity contribution in [2.75, 3.05) is 17.6 Å². The minimum Gasteiger partial charge on any atom is -0.383 e. The maximum Gasteiger partial charge on any atom is 0.298 e. The van der Waals surface area contributed by atoms with Crippen LogP contribution in [0.4, 0.5) is 11.5 Å². The molecule has 3 heterocycles. The number of carbonyl (C=O) groups excluding carboxylic acids is 2. The van der Waals surface area contributed by atoms with E-state index in [1.165, 1.54) is 11.9 Å². The largest absolute Gasteiger partial charge is 0.383 e. The normalized spacial score (nSPS) is 19.9. The minimum absolute atomic E-state index is 0.0510. The van der Waals surface area contributed by atoms with Gasteiger partial charge >= 0.3 is 0 Å². The van der Waals surface area contributed by atoms with E-state index < -0.39 is 0 Å². The molecule has 2 aliphatic rings. The lowest BCUT2D eigenvalue weighted by atomic mass is 10.0. The molecule has 196 valence electrons. The second-order valence-electron chi connectivity index (χ2n) is 10.6. The predicted octanol–water partition coefficient (Wildman–Crippen LogP) is 4.25. The third kappa shape index (κ3) is 4.28. The molecule has 1 aliphatic carbocycles. The van der Waals surface area contributed by atoms with E-state index in [0.29, 0.717) is 46.5 Å². The van der Waals surface area contributed by atoms with Crippen molar-refractivity contribution in [2.24, 2.45) is 5.92 Å². The lowest BCUT2D eigenvalue weighted by Crippen LogP contribution is -2.42. The molecule has 3 N–H and O–H groups in total. The van der Waals surface area contributed by atoms with Gasteiger partial charge in [-0.25, -0.2) is 14.6 Å². The van der Waals surface area contributed by atoms with Crippen molar-refractivity contribution in [3.05, 3.63) is 66.0 Å². The van der Waals surface area contributed by atoms with E-state index in [1.807, 2.05) is 41.1 Å². The number of nitrogens with two attached hydrogens (primary N) is 1. The topological polar surface area (TPSA) is 119 Å². The Balaban J connectivity index is 1.35. The van der Waals surface area contributed by atoms with Gasteiger partial charge in [-0.05, 0) is 60.4 Å². The van der Waals surface area contributed by atoms with E-state index >= 15 is 0 Å². The van der Waals surface area contributed by atoms with Crippen LogP contribution in [0.1, 0.15) is 54.6 Å². The smallest absolute Gasteiger partial charge is 0.298 e. The number of hydrogen-bond acceptors (Lipinski definition) is 6. The summed E-state index contributed by atoms with van der Waals surface area (Å²) in [5.74, 6) is 2.82. The molecular weight excluding hydrogens is 490 g/mol. The van der Waals surface area contributed by atoms with E-state index in [0.717, 1.165) is 24.1 Å². The van der Waals surface area contributed by atoms with Crippen molar-refractivity contribution in [3.8, 4) is 23.6 Å². The fraction of sp³-hybridized carbons (Fsp3) is 0.300. The Hall–Kier alpha value is -4.71. The first-order chi connectivity index (χ1) is 18.8. The van der Waals surface area contributed by atoms with Gasteiger partial charge in [0.05, 0.1) is 17.5 Å². The maximum atomic E-state index is 13.1. The number of piperidine rings is 1. The molecular formula is C30H29N7O2. The van der Waals surface area contributed by atoms with Gasteiger partial charge in [0, 0.05) is 23.4 Å². The van der Waals surface area contributed by atoms with E-state index in [4.69, 9.17) is 17.3 Å². The number of terminal acetylenes is 1. The third-order valence-corrected chi connectivity index (χ3v) is 7.90. The summed E-state index contributed by atoms with van der Waals surface area (Å²) in [6.07, 6.45) is 8.60. The zero-order valence-electron chi connectivity index (χ0n) is 21.8. The molecule has 0 spiro atoms. The van der Waals surface area contributed by atoms with E-state index in [-0.39, 0.29) is 23.9 Å². The molecule has 0 radical (unpaired) electrons. The van der Waals surface area contributed by atoms with Crippen molar-refractivity contribution in [1.29, 1.82) is 0 Å². The highest BCUT2D eigenvalue weighted by Crippen LogP contribution is 2.46. The Labute approximate surface area is 226 Å². The van der Waals surface area contributed by atoms with Crippen molar-refractivity contribution < 1.29 is 9.59 Å². The van der Waals surface area contributed by atoms with Crippen LogP contribution in [-0.2, 0) is 4.79 Å². The number of nitrogens with zero attached hydrogens (tertiary/aromatic N) is 5. The molecule has 1 saturated heterocycles. The average molecular weight is 520 g/mol. The molecule has 3 atom stereocenters. The van der Waals surface area contributed by atoms with Gasteiger partial charge in [0.25, 0.3) is 11.8 Å². The molecule has 1 aliphatic heterocycles. The Morgan fingerprint density at radius 2 is 1.87 bits per heavy atom. The Morgan fingerprint density at radius 3 is 2.59 bits per heavy atom. The number of rotatable bonds is 5. The summed E-state index contributed by atoms with van der Waals surface area (Å²) in [5, 5.41) is 8.56. The van der Waals surface area contributed by atoms with E-state index in [2.05, 4.69) is 35.1 Å². The van der Waals surface area contributed by atoms with Gasteiger partial charge in [0.2, 0.25) is 0 Å². The minimum atomic E-state index is -0.296. The summed E-state index contributed by atoms with van der Waals surface area (Å²) in [7, 11) is 0. The standard InChI is InChI=1S/C30H29N7O2/c1-4-25(38)36-15-18-12-23(36)24(13-18)37-29-26(28(31)32-16-33-29)27(35-37)20-6-5-7-21(14-20)30(39)34-22-10-8-19(9-11-22)17(2)3/h1,5-11,14,16-18,23-24H,12-13,15H2,2-3H3,(H,34,39)(H2,31,32,33). The maximum absolute atomic E-state index is 13.1. The molecule has 39 heavy (non-hydrogen) atoms. The monoisotopic (exact) mass is 519 g/mol. The number of carbonyl (C=O) groups is 2. The highest BCUT2D eigenvalue weighted by atomic mass is 16.2. The van der Waals surface area contributed by atoms with Crippen LogP contribution >= 0.6 is 0 Å². The SMILES string of the molecule is C#CC(=O)N1CC2CC1C(n1nc(-c3cccc(C(=O)Nc4ccc(C(C)C)cc4)c3)c3c(N)ncnc31)C2. The van der Waals surface area contributed by atoms with Crippen LogP contribution in [0.2, 0.25) is 0 Å². The highest BCUT2D eigenvalue weighted by Gasteiger charge is 2.48. The van der Waals surface area contributed by atoms with Gasteiger partial charge < -0.3 is 16.0 Å². The molecule has 2 fully saturated rings. The zero-order valence-corrected chi connectivity index (χ0v) is 21.8. The number of amides is 2. The van der Waals surface area contributed by atoms with Gasteiger partial charge in [-0.3, -0.25) is 9.59 Å². The number of hydrogen-bond donors (Lipinski definition) is 2. The number of nitrogens with one attached hydrogen (secondary N) is 1. The first kappa shape index (κ1) is 24.6. The lowest BCUT2D eigenvalue weighted by molar-refractivity contribution is -0.127. The Morgan fingerprint density at radius 1 is 1.10 bits per heavy atom. The molecule has 4 aromatic rings. The number of aromatic nitrogens is 4. The molecule has 1 saturated carbocycles. The molecule has 6 rings (SSSR count). The van der Waals surface area contributed by atoms with Crippen LogP contribution < -0.4 is 11.1 Å². The van der Waals surface area contributed by atoms with Crippen LogP contribution in [-0.4, -0.2) is 49.0 Å². The van der Waals surface area contributed by atoms with Gasteiger partial charge in [0.1, 0.15) is 17.8 Å². The van der Waals surface area contributed by atoms with Crippen LogP contribution in [0.3, 0.4) is 0 Å². The predicted molar refractivity (Wildman–Crippen MR) is 150 cm³/mol. The van der Waals surface area contributed by atoms with Crippen LogP contribution in [0.15, 0.2) is 54.9 Å². The average Bonchev–Trinajstić information content (AvgIpc) is 3.66. The summed E-state index contributed by atoms with van der Waals surface area (Å²) in [6, 6.07) is 15.0. The molecule has 2 bridgehead atoms. The fourth-order valence-corrected chi connectivity index (χ4v) is 5.96. The number of nitrogen functional groups attached to an aromatic ring is 1. The van der Waals surface area contributed by atoms with Gasteiger partial charge in [0.15, 0.2) is 5.65 Å². The second-order valence-corrected chi connectivity index (χ2v) is 10.6. The number of anilines is 2. The second kappa shape index (κ2) is 9.55. The lowest BCUT2D eigenvalue weighted by Gasteiger charge is -2.32. The van der Waals surface area contributed by atoms with Crippen molar-refractivity contribution in [2.45, 2.75) is 44.7 Å². The molecule has 9 nitrogen and oxygen atoms in total. The highest BCUT2D eigenvalue weighted by molar-refractivity contribution is 6.06. The van der Waals surface area contributed by atoms with Crippen molar-refractivity contribution in [1.82, 2.24) is 24.6 Å². The van der Waals surface area contributed by atoms with Crippen LogP contribution in [0.25, 0.3) is 22.3 Å². The molecule has 3 unspecified atom stereocenters. The third-order valence-electron chi connectivity index (χ3n) is 7.90. The zero-order chi connectivity index (χ0) is 27.3. The van der Waals surface area contributed by atoms with Gasteiger partial charge in [-0.15, -0.1) is 6.42 Å². The summed E-state index contributed by atoms with van der Waals surface area (Å²) >= 11 is 0. The Bertz CT molecular complexity index is 1630. The van der Waals surface area contributed by atoms with E-state index in [1.54, 1.807) is 17.0 Å². The number of likely N-dealkylation sites (tertiary alicyclic amines) is 1. The number of benzene rings is 2. The fourth-order valence-electron chi connectivity index (χ4n) is 5.96. The Kier molecular flexibility index (Phi) is 6.03. The van der Waals surface area contributed by atoms with Crippen molar-refractivity contribution in [3.63, 3.8) is 0 Å². The first-order valence-electron chi connectivity index (χ1n) is 13.1. The van der Waals surface area contributed by atoms with Gasteiger partial charge in [-0.2, -0.15) is 5.10 Å². The summed E-state index contributed by atoms with van der Waals surface area (Å²) in [4.78, 5) is 36.0. The molecule has 2 aromatic carbocycles. The quantitative estimate of drug-likeness (QED) is 0.381. The molecule has 2 amide bonds. The molecule has 2 aromatic heterocycles.